The lowest BCUT2D eigenvalue weighted by Crippen LogP contribution is -2.49. The predicted octanol–water partition coefficient (Wildman–Crippen LogP) is 5.22. The minimum atomic E-state index is -1.29. The number of halogens is 2. The lowest BCUT2D eigenvalue weighted by atomic mass is 9.51. The summed E-state index contributed by atoms with van der Waals surface area (Å²) in [4.78, 5) is 58.4. The molecule has 2 aromatic carbocycles. The van der Waals surface area contributed by atoms with E-state index in [1.165, 1.54) is 30.2 Å². The van der Waals surface area contributed by atoms with E-state index in [9.17, 15) is 28.7 Å². The highest BCUT2D eigenvalue weighted by Crippen LogP contribution is 2.64. The topological polar surface area (TPSA) is 104 Å². The van der Waals surface area contributed by atoms with Crippen LogP contribution in [0.25, 0.3) is 0 Å². The van der Waals surface area contributed by atoms with Gasteiger partial charge in [-0.25, -0.2) is 9.29 Å². The van der Waals surface area contributed by atoms with E-state index in [4.69, 9.17) is 16.3 Å². The molecule has 1 saturated carbocycles. The zero-order valence-corrected chi connectivity index (χ0v) is 24.7. The third-order valence-corrected chi connectivity index (χ3v) is 9.93. The summed E-state index contributed by atoms with van der Waals surface area (Å²) in [7, 11) is 1.42. The van der Waals surface area contributed by atoms with Gasteiger partial charge in [0, 0.05) is 11.5 Å². The lowest BCUT2D eigenvalue weighted by Gasteiger charge is -2.49. The number of hydrogen-bond acceptors (Lipinski definition) is 6. The van der Waals surface area contributed by atoms with Gasteiger partial charge in [-0.3, -0.25) is 24.1 Å². The van der Waals surface area contributed by atoms with Gasteiger partial charge in [-0.1, -0.05) is 29.3 Å². The largest absolute Gasteiger partial charge is 0.504 e. The van der Waals surface area contributed by atoms with Crippen molar-refractivity contribution in [3.8, 4) is 11.5 Å². The first-order chi connectivity index (χ1) is 19.7. The molecule has 6 rings (SSSR count). The summed E-state index contributed by atoms with van der Waals surface area (Å²) < 4.78 is 19.4. The monoisotopic (exact) mass is 594 g/mol. The number of imide groups is 2. The first kappa shape index (κ1) is 28.4. The highest BCUT2D eigenvalue weighted by Gasteiger charge is 2.68. The number of ether oxygens (including phenoxy) is 1. The smallest absolute Gasteiger partial charge is 0.241 e. The number of methoxy groups -OCH3 is 1. The number of fused-ring (bicyclic) bond motifs is 4. The van der Waals surface area contributed by atoms with E-state index in [-0.39, 0.29) is 40.4 Å². The molecule has 10 heteroatoms. The fraction of sp³-hybridized carbons (Fsp3) is 0.438. The second kappa shape index (κ2) is 9.39. The van der Waals surface area contributed by atoms with Gasteiger partial charge in [0.1, 0.15) is 5.82 Å². The Morgan fingerprint density at radius 3 is 2.38 bits per heavy atom. The van der Waals surface area contributed by atoms with Crippen LogP contribution in [0.5, 0.6) is 11.5 Å². The van der Waals surface area contributed by atoms with Crippen LogP contribution in [0.3, 0.4) is 0 Å². The number of aromatic hydroxyl groups is 1. The van der Waals surface area contributed by atoms with Crippen LogP contribution < -0.4 is 9.64 Å². The van der Waals surface area contributed by atoms with Crippen molar-refractivity contribution in [2.45, 2.75) is 52.0 Å². The summed E-state index contributed by atoms with van der Waals surface area (Å²) in [5.41, 5.74) is -0.383. The Hall–Kier alpha value is -3.72. The van der Waals surface area contributed by atoms with Crippen LogP contribution in [0.2, 0.25) is 5.02 Å². The fourth-order valence-electron chi connectivity index (χ4n) is 7.80. The molecule has 4 amide bonds. The number of phenolic OH excluding ortho intramolecular Hbond substituents is 1. The number of likely N-dealkylation sites (tertiary alicyclic amines) is 1. The summed E-state index contributed by atoms with van der Waals surface area (Å²) in [5.74, 6) is -5.17. The SMILES string of the molecule is COc1cc(C2C3=CCC4C(=O)N(C(C)(C)C)C(=O)C4C3CC3C(=O)N(c4ccc(F)c(Cl)c4)C(=O)C32C)ccc1O. The molecule has 42 heavy (non-hydrogen) atoms. The second-order valence-corrected chi connectivity index (χ2v) is 13.3. The molecule has 0 bridgehead atoms. The van der Waals surface area contributed by atoms with E-state index in [0.29, 0.717) is 12.0 Å². The molecule has 2 heterocycles. The Bertz CT molecular complexity index is 1600. The minimum absolute atomic E-state index is 0.0817. The van der Waals surface area contributed by atoms with Crippen molar-refractivity contribution in [2.24, 2.45) is 29.1 Å². The van der Waals surface area contributed by atoms with Gasteiger partial charge in [0.2, 0.25) is 23.6 Å². The maximum atomic E-state index is 14.4. The van der Waals surface area contributed by atoms with Gasteiger partial charge >= 0.3 is 0 Å². The van der Waals surface area contributed by atoms with Crippen molar-refractivity contribution in [1.82, 2.24) is 4.90 Å². The number of carbonyl (C=O) groups excluding carboxylic acids is 4. The normalized spacial score (nSPS) is 30.7. The van der Waals surface area contributed by atoms with Crippen molar-refractivity contribution in [2.75, 3.05) is 12.0 Å². The molecule has 1 N–H and O–H groups in total. The van der Waals surface area contributed by atoms with Gasteiger partial charge in [-0.15, -0.1) is 0 Å². The number of anilines is 1. The van der Waals surface area contributed by atoms with Crippen molar-refractivity contribution >= 4 is 40.9 Å². The molecule has 0 aromatic heterocycles. The van der Waals surface area contributed by atoms with Crippen LogP contribution in [0.4, 0.5) is 10.1 Å². The Balaban J connectivity index is 1.53. The number of rotatable bonds is 3. The van der Waals surface area contributed by atoms with Crippen LogP contribution in [0, 0.1) is 34.9 Å². The highest BCUT2D eigenvalue weighted by molar-refractivity contribution is 6.31. The second-order valence-electron chi connectivity index (χ2n) is 12.9. The summed E-state index contributed by atoms with van der Waals surface area (Å²) >= 11 is 6.04. The molecule has 2 aromatic rings. The average Bonchev–Trinajstić information content (AvgIpc) is 3.30. The van der Waals surface area contributed by atoms with Crippen molar-refractivity contribution < 1.29 is 33.4 Å². The van der Waals surface area contributed by atoms with Crippen LogP contribution >= 0.6 is 11.6 Å². The molecule has 0 radical (unpaired) electrons. The fourth-order valence-corrected chi connectivity index (χ4v) is 7.98. The molecule has 4 aliphatic rings. The summed E-state index contributed by atoms with van der Waals surface area (Å²) in [6.45, 7) is 7.22. The zero-order valence-electron chi connectivity index (χ0n) is 24.0. The van der Waals surface area contributed by atoms with Gasteiger partial charge < -0.3 is 9.84 Å². The number of phenols is 1. The Morgan fingerprint density at radius 2 is 1.74 bits per heavy atom. The Labute approximate surface area is 248 Å². The Morgan fingerprint density at radius 1 is 1.02 bits per heavy atom. The molecule has 3 fully saturated rings. The third kappa shape index (κ3) is 3.78. The van der Waals surface area contributed by atoms with Gasteiger partial charge in [0.05, 0.1) is 41.0 Å². The molecule has 2 saturated heterocycles. The summed E-state index contributed by atoms with van der Waals surface area (Å²) in [6, 6.07) is 8.54. The van der Waals surface area contributed by atoms with Gasteiger partial charge in [-0.2, -0.15) is 0 Å². The van der Waals surface area contributed by atoms with E-state index in [1.54, 1.807) is 19.1 Å². The molecule has 6 unspecified atom stereocenters. The molecule has 0 spiro atoms. The van der Waals surface area contributed by atoms with Crippen LogP contribution in [0.15, 0.2) is 48.0 Å². The standard InChI is InChI=1S/C32H32ClFN2O6/c1-31(2,3)36-27(38)18-9-8-17-19(25(18)29(36)40)14-20-28(39)35(16-7-10-22(34)21(33)13-16)30(41)32(20,4)26(17)15-6-11-23(37)24(12-15)42-5/h6-8,10-13,18-20,25-26,37H,9,14H2,1-5H3. The third-order valence-electron chi connectivity index (χ3n) is 9.64. The highest BCUT2D eigenvalue weighted by atomic mass is 35.5. The van der Waals surface area contributed by atoms with E-state index in [1.807, 2.05) is 26.8 Å². The van der Waals surface area contributed by atoms with Crippen molar-refractivity contribution in [1.29, 1.82) is 0 Å². The van der Waals surface area contributed by atoms with Gasteiger partial charge in [0.25, 0.3) is 0 Å². The predicted molar refractivity (Wildman–Crippen MR) is 152 cm³/mol. The number of carbonyl (C=O) groups is 4. The van der Waals surface area contributed by atoms with E-state index in [0.717, 1.165) is 16.5 Å². The maximum absolute atomic E-state index is 14.4. The Kier molecular flexibility index (Phi) is 6.35. The number of amides is 4. The van der Waals surface area contributed by atoms with E-state index >= 15 is 0 Å². The van der Waals surface area contributed by atoms with Crippen molar-refractivity contribution in [3.05, 3.63) is 64.5 Å². The molecule has 6 atom stereocenters. The minimum Gasteiger partial charge on any atom is -0.504 e. The van der Waals surface area contributed by atoms with Crippen molar-refractivity contribution in [3.63, 3.8) is 0 Å². The quantitative estimate of drug-likeness (QED) is 0.386. The molecular weight excluding hydrogens is 563 g/mol. The number of benzene rings is 2. The zero-order chi connectivity index (χ0) is 30.5. The van der Waals surface area contributed by atoms with Crippen LogP contribution in [0.1, 0.15) is 52.0 Å². The first-order valence-corrected chi connectivity index (χ1v) is 14.4. The number of nitrogens with zero attached hydrogens (tertiary/aromatic N) is 2. The number of hydrogen-bond donors (Lipinski definition) is 1. The average molecular weight is 595 g/mol. The first-order valence-electron chi connectivity index (χ1n) is 14.0. The van der Waals surface area contributed by atoms with E-state index in [2.05, 4.69) is 0 Å². The molecule has 220 valence electrons. The van der Waals surface area contributed by atoms with Gasteiger partial charge in [0.15, 0.2) is 11.5 Å². The molecule has 2 aliphatic carbocycles. The number of allylic oxidation sites excluding steroid dienone is 2. The molecule has 8 nitrogen and oxygen atoms in total. The van der Waals surface area contributed by atoms with Crippen LogP contribution in [-0.2, 0) is 19.2 Å². The molecule has 2 aliphatic heterocycles. The van der Waals surface area contributed by atoms with Crippen LogP contribution in [-0.4, -0.2) is 46.3 Å². The van der Waals surface area contributed by atoms with E-state index < -0.39 is 58.2 Å². The molecular formula is C32H32ClFN2O6. The van der Waals surface area contributed by atoms with Gasteiger partial charge in [-0.05, 0) is 82.3 Å². The summed E-state index contributed by atoms with van der Waals surface area (Å²) in [5, 5.41) is 10.1. The maximum Gasteiger partial charge on any atom is 0.241 e. The lowest BCUT2D eigenvalue weighted by molar-refractivity contribution is -0.145. The summed E-state index contributed by atoms with van der Waals surface area (Å²) in [6.07, 6.45) is 2.49.